The summed E-state index contributed by atoms with van der Waals surface area (Å²) >= 11 is 5.84. The fourth-order valence-corrected chi connectivity index (χ4v) is 1.88. The van der Waals surface area contributed by atoms with Gasteiger partial charge < -0.3 is 9.84 Å². The minimum absolute atomic E-state index is 0.00454. The highest BCUT2D eigenvalue weighted by Gasteiger charge is 2.22. The van der Waals surface area contributed by atoms with Crippen molar-refractivity contribution < 1.29 is 14.8 Å². The highest BCUT2D eigenvalue weighted by molar-refractivity contribution is 6.30. The summed E-state index contributed by atoms with van der Waals surface area (Å²) in [6.45, 7) is 0.249. The molecule has 6 heteroatoms. The first-order valence-corrected chi connectivity index (χ1v) is 5.51. The zero-order valence-corrected chi connectivity index (χ0v) is 10.2. The number of rotatable bonds is 6. The van der Waals surface area contributed by atoms with E-state index in [-0.39, 0.29) is 18.2 Å². The molecule has 1 aromatic rings. The predicted octanol–water partition coefficient (Wildman–Crippen LogP) is 2.36. The van der Waals surface area contributed by atoms with E-state index in [1.54, 1.807) is 6.07 Å². The van der Waals surface area contributed by atoms with Crippen molar-refractivity contribution in [1.82, 2.24) is 0 Å². The van der Waals surface area contributed by atoms with Crippen LogP contribution in [0.3, 0.4) is 0 Å². The number of aliphatic hydroxyl groups is 1. The van der Waals surface area contributed by atoms with E-state index in [1.807, 2.05) is 0 Å². The number of hydrogen-bond donors (Lipinski definition) is 1. The molecule has 17 heavy (non-hydrogen) atoms. The van der Waals surface area contributed by atoms with Crippen molar-refractivity contribution in [1.29, 1.82) is 0 Å². The van der Waals surface area contributed by atoms with Crippen LogP contribution in [0.25, 0.3) is 0 Å². The van der Waals surface area contributed by atoms with E-state index in [0.717, 1.165) is 0 Å². The Labute approximate surface area is 104 Å². The van der Waals surface area contributed by atoms with Gasteiger partial charge in [0.05, 0.1) is 11.5 Å². The van der Waals surface area contributed by atoms with E-state index in [9.17, 15) is 10.1 Å². The molecule has 0 saturated heterocycles. The van der Waals surface area contributed by atoms with Gasteiger partial charge in [0, 0.05) is 36.3 Å². The van der Waals surface area contributed by atoms with E-state index in [1.165, 1.54) is 19.2 Å². The largest absolute Gasteiger partial charge is 0.396 e. The molecule has 0 amide bonds. The fourth-order valence-electron chi connectivity index (χ4n) is 1.70. The van der Waals surface area contributed by atoms with E-state index in [2.05, 4.69) is 0 Å². The molecule has 1 rings (SSSR count). The topological polar surface area (TPSA) is 72.6 Å². The summed E-state index contributed by atoms with van der Waals surface area (Å²) in [5.41, 5.74) is 0.503. The summed E-state index contributed by atoms with van der Waals surface area (Å²) in [5, 5.41) is 20.3. The molecule has 1 unspecified atom stereocenters. The molecule has 1 atom stereocenters. The maximum atomic E-state index is 10.9. The highest BCUT2D eigenvalue weighted by atomic mass is 35.5. The summed E-state index contributed by atoms with van der Waals surface area (Å²) in [6, 6.07) is 4.41. The standard InChI is InChI=1S/C11H14ClNO4/c1-17-7-8(4-5-14)10-6-9(12)2-3-11(10)13(15)16/h2-3,6,8,14H,4-5,7H2,1H3. The monoisotopic (exact) mass is 259 g/mol. The predicted molar refractivity (Wildman–Crippen MR) is 64.4 cm³/mol. The molecule has 1 N–H and O–H groups in total. The van der Waals surface area contributed by atoms with Crippen LogP contribution in [0.15, 0.2) is 18.2 Å². The number of halogens is 1. The Morgan fingerprint density at radius 2 is 2.29 bits per heavy atom. The molecule has 5 nitrogen and oxygen atoms in total. The zero-order chi connectivity index (χ0) is 12.8. The van der Waals surface area contributed by atoms with Gasteiger partial charge in [0.25, 0.3) is 5.69 Å². The molecule has 1 aromatic carbocycles. The summed E-state index contributed by atoms with van der Waals surface area (Å²) in [6.07, 6.45) is 0.398. The van der Waals surface area contributed by atoms with Crippen LogP contribution in [0.5, 0.6) is 0 Å². The summed E-state index contributed by atoms with van der Waals surface area (Å²) in [5.74, 6) is -0.232. The smallest absolute Gasteiger partial charge is 0.273 e. The lowest BCUT2D eigenvalue weighted by Gasteiger charge is -2.15. The lowest BCUT2D eigenvalue weighted by atomic mass is 9.95. The fraction of sp³-hybridized carbons (Fsp3) is 0.455. The van der Waals surface area contributed by atoms with Crippen LogP contribution in [-0.2, 0) is 4.74 Å². The number of nitro benzene ring substituents is 1. The van der Waals surface area contributed by atoms with Gasteiger partial charge in [-0.25, -0.2) is 0 Å². The van der Waals surface area contributed by atoms with Crippen LogP contribution < -0.4 is 0 Å². The molecular weight excluding hydrogens is 246 g/mol. The number of nitrogens with zero attached hydrogens (tertiary/aromatic N) is 1. The molecule has 0 aliphatic rings. The third-order valence-corrected chi connectivity index (χ3v) is 2.71. The van der Waals surface area contributed by atoms with Crippen molar-refractivity contribution in [2.75, 3.05) is 20.3 Å². The van der Waals surface area contributed by atoms with Gasteiger partial charge in [-0.05, 0) is 18.6 Å². The Morgan fingerprint density at radius 1 is 1.59 bits per heavy atom. The van der Waals surface area contributed by atoms with E-state index in [0.29, 0.717) is 23.6 Å². The van der Waals surface area contributed by atoms with Gasteiger partial charge >= 0.3 is 0 Å². The van der Waals surface area contributed by atoms with E-state index < -0.39 is 4.92 Å². The molecule has 0 fully saturated rings. The van der Waals surface area contributed by atoms with E-state index in [4.69, 9.17) is 21.4 Å². The van der Waals surface area contributed by atoms with Gasteiger partial charge in [-0.1, -0.05) is 11.6 Å². The molecule has 0 aliphatic carbocycles. The zero-order valence-electron chi connectivity index (χ0n) is 9.43. The Kier molecular flexibility index (Phi) is 5.34. The average Bonchev–Trinajstić information content (AvgIpc) is 2.28. The van der Waals surface area contributed by atoms with Crippen LogP contribution in [0.4, 0.5) is 5.69 Å². The average molecular weight is 260 g/mol. The van der Waals surface area contributed by atoms with Crippen LogP contribution in [0, 0.1) is 10.1 Å². The maximum Gasteiger partial charge on any atom is 0.273 e. The van der Waals surface area contributed by atoms with Gasteiger partial charge in [-0.15, -0.1) is 0 Å². The summed E-state index contributed by atoms with van der Waals surface area (Å²) in [4.78, 5) is 10.5. The first kappa shape index (κ1) is 13.9. The SMILES string of the molecule is COCC(CCO)c1cc(Cl)ccc1[N+](=O)[O-]. The first-order chi connectivity index (χ1) is 8.10. The number of benzene rings is 1. The third kappa shape index (κ3) is 3.66. The van der Waals surface area contributed by atoms with Crippen molar-refractivity contribution in [2.24, 2.45) is 0 Å². The lowest BCUT2D eigenvalue weighted by Crippen LogP contribution is -2.10. The Morgan fingerprint density at radius 3 is 2.82 bits per heavy atom. The Bertz CT molecular complexity index is 391. The second kappa shape index (κ2) is 6.54. The van der Waals surface area contributed by atoms with Crippen molar-refractivity contribution in [3.63, 3.8) is 0 Å². The number of nitro groups is 1. The minimum atomic E-state index is -0.453. The maximum absolute atomic E-state index is 10.9. The molecule has 94 valence electrons. The lowest BCUT2D eigenvalue weighted by molar-refractivity contribution is -0.385. The van der Waals surface area contributed by atoms with Gasteiger partial charge in [0.2, 0.25) is 0 Å². The second-order valence-corrected chi connectivity index (χ2v) is 4.06. The Balaban J connectivity index is 3.14. The molecule has 0 radical (unpaired) electrons. The Hall–Kier alpha value is -1.17. The van der Waals surface area contributed by atoms with E-state index >= 15 is 0 Å². The molecule has 0 bridgehead atoms. The second-order valence-electron chi connectivity index (χ2n) is 3.62. The minimum Gasteiger partial charge on any atom is -0.396 e. The van der Waals surface area contributed by atoms with Gasteiger partial charge in [0.15, 0.2) is 0 Å². The molecule has 0 aromatic heterocycles. The normalized spacial score (nSPS) is 12.4. The number of ether oxygens (including phenoxy) is 1. The number of aliphatic hydroxyl groups excluding tert-OH is 1. The van der Waals surface area contributed by atoms with Crippen molar-refractivity contribution in [3.8, 4) is 0 Å². The molecule has 0 spiro atoms. The number of hydrogen-bond acceptors (Lipinski definition) is 4. The summed E-state index contributed by atoms with van der Waals surface area (Å²) < 4.78 is 5.01. The molecule has 0 heterocycles. The van der Waals surface area contributed by atoms with Crippen LogP contribution in [0.1, 0.15) is 17.9 Å². The van der Waals surface area contributed by atoms with Crippen LogP contribution in [-0.4, -0.2) is 30.4 Å². The van der Waals surface area contributed by atoms with Crippen LogP contribution >= 0.6 is 11.6 Å². The van der Waals surface area contributed by atoms with Crippen molar-refractivity contribution >= 4 is 17.3 Å². The molecule has 0 aliphatic heterocycles. The van der Waals surface area contributed by atoms with Gasteiger partial charge in [0.1, 0.15) is 0 Å². The quantitative estimate of drug-likeness (QED) is 0.629. The first-order valence-electron chi connectivity index (χ1n) is 5.13. The van der Waals surface area contributed by atoms with Crippen molar-refractivity contribution in [3.05, 3.63) is 38.9 Å². The summed E-state index contributed by atoms with van der Waals surface area (Å²) in [7, 11) is 1.51. The van der Waals surface area contributed by atoms with Gasteiger partial charge in [-0.3, -0.25) is 10.1 Å². The van der Waals surface area contributed by atoms with Crippen molar-refractivity contribution in [2.45, 2.75) is 12.3 Å². The highest BCUT2D eigenvalue weighted by Crippen LogP contribution is 2.31. The van der Waals surface area contributed by atoms with Gasteiger partial charge in [-0.2, -0.15) is 0 Å². The molecule has 0 saturated carbocycles. The third-order valence-electron chi connectivity index (χ3n) is 2.47. The molecular formula is C11H14ClNO4. The number of methoxy groups -OCH3 is 1. The van der Waals surface area contributed by atoms with Crippen LogP contribution in [0.2, 0.25) is 5.02 Å².